The molecule has 0 aliphatic rings. The van der Waals surface area contributed by atoms with Crippen molar-refractivity contribution < 1.29 is 9.50 Å². The average Bonchev–Trinajstić information content (AvgIpc) is 2.42. The molecule has 0 aliphatic carbocycles. The molecular weight excluding hydrogens is 253 g/mol. The maximum atomic E-state index is 13.6. The van der Waals surface area contributed by atoms with Crippen LogP contribution in [0.1, 0.15) is 58.1 Å². The molecule has 0 aliphatic heterocycles. The van der Waals surface area contributed by atoms with E-state index in [1.807, 2.05) is 0 Å². The van der Waals surface area contributed by atoms with Crippen molar-refractivity contribution in [1.29, 1.82) is 0 Å². The smallest absolute Gasteiger partial charge is 0.128 e. The highest BCUT2D eigenvalue weighted by Crippen LogP contribution is 2.20. The zero-order chi connectivity index (χ0) is 15.0. The van der Waals surface area contributed by atoms with Crippen LogP contribution in [0.2, 0.25) is 0 Å². The first kappa shape index (κ1) is 17.1. The van der Waals surface area contributed by atoms with Gasteiger partial charge in [0.1, 0.15) is 5.82 Å². The van der Waals surface area contributed by atoms with E-state index in [-0.39, 0.29) is 5.82 Å². The molecule has 0 radical (unpaired) electrons. The number of aliphatic hydroxyl groups excluding tert-OH is 1. The molecule has 1 rings (SSSR count). The summed E-state index contributed by atoms with van der Waals surface area (Å²) in [6, 6.07) is 6.94. The maximum Gasteiger partial charge on any atom is 0.128 e. The van der Waals surface area contributed by atoms with Crippen molar-refractivity contribution >= 4 is 0 Å². The van der Waals surface area contributed by atoms with Gasteiger partial charge in [-0.25, -0.2) is 4.39 Å². The number of hydrogen-bond donors (Lipinski definition) is 1. The van der Waals surface area contributed by atoms with Gasteiger partial charge in [-0.3, -0.25) is 0 Å². The van der Waals surface area contributed by atoms with Gasteiger partial charge in [0.15, 0.2) is 0 Å². The van der Waals surface area contributed by atoms with Crippen molar-refractivity contribution in [3.8, 4) is 0 Å². The summed E-state index contributed by atoms with van der Waals surface area (Å²) in [7, 11) is 0. The number of nitrogens with zero attached hydrogens (tertiary/aromatic N) is 1. The number of hydrogen-bond acceptors (Lipinski definition) is 2. The second-order valence-electron chi connectivity index (χ2n) is 5.66. The van der Waals surface area contributed by atoms with Gasteiger partial charge in [0, 0.05) is 18.2 Å². The molecule has 1 atom stereocenters. The van der Waals surface area contributed by atoms with Crippen LogP contribution in [0, 0.1) is 5.82 Å². The average molecular weight is 281 g/mol. The molecule has 2 nitrogen and oxygen atoms in total. The van der Waals surface area contributed by atoms with Gasteiger partial charge in [0.05, 0.1) is 6.10 Å². The fourth-order valence-corrected chi connectivity index (χ4v) is 2.38. The molecule has 0 heterocycles. The summed E-state index contributed by atoms with van der Waals surface area (Å²) in [6.07, 6.45) is 3.49. The van der Waals surface area contributed by atoms with E-state index in [9.17, 15) is 9.50 Å². The normalized spacial score (nSPS) is 13.2. The predicted molar refractivity (Wildman–Crippen MR) is 82.2 cm³/mol. The zero-order valence-corrected chi connectivity index (χ0v) is 13.0. The molecular formula is C17H28FNO. The van der Waals surface area contributed by atoms with Gasteiger partial charge in [-0.05, 0) is 39.3 Å². The second kappa shape index (κ2) is 9.09. The molecule has 0 amide bonds. The Morgan fingerprint density at radius 2 is 1.85 bits per heavy atom. The molecule has 0 spiro atoms. The molecule has 0 bridgehead atoms. The van der Waals surface area contributed by atoms with Crippen LogP contribution in [-0.4, -0.2) is 29.1 Å². The Bertz CT molecular complexity index is 381. The van der Waals surface area contributed by atoms with Gasteiger partial charge >= 0.3 is 0 Å². The molecule has 0 fully saturated rings. The van der Waals surface area contributed by atoms with E-state index in [1.54, 1.807) is 18.2 Å². The SMILES string of the molecule is CCCCCN(CCC(O)c1ccccc1F)C(C)C. The lowest BCUT2D eigenvalue weighted by Crippen LogP contribution is -2.33. The second-order valence-corrected chi connectivity index (χ2v) is 5.66. The summed E-state index contributed by atoms with van der Waals surface area (Å²) in [4.78, 5) is 2.36. The third kappa shape index (κ3) is 5.59. The lowest BCUT2D eigenvalue weighted by molar-refractivity contribution is 0.126. The lowest BCUT2D eigenvalue weighted by Gasteiger charge is -2.27. The van der Waals surface area contributed by atoms with Crippen LogP contribution in [-0.2, 0) is 0 Å². The van der Waals surface area contributed by atoms with Crippen molar-refractivity contribution in [1.82, 2.24) is 4.90 Å². The van der Waals surface area contributed by atoms with Crippen molar-refractivity contribution in [2.24, 2.45) is 0 Å². The highest BCUT2D eigenvalue weighted by molar-refractivity contribution is 5.19. The molecule has 1 unspecified atom stereocenters. The zero-order valence-electron chi connectivity index (χ0n) is 13.0. The highest BCUT2D eigenvalue weighted by Gasteiger charge is 2.15. The number of unbranched alkanes of at least 4 members (excludes halogenated alkanes) is 2. The predicted octanol–water partition coefficient (Wildman–Crippen LogP) is 4.15. The van der Waals surface area contributed by atoms with E-state index < -0.39 is 6.10 Å². The number of rotatable bonds is 9. The molecule has 1 aromatic carbocycles. The summed E-state index contributed by atoms with van der Waals surface area (Å²) >= 11 is 0. The number of aliphatic hydroxyl groups is 1. The fourth-order valence-electron chi connectivity index (χ4n) is 2.38. The monoisotopic (exact) mass is 281 g/mol. The van der Waals surface area contributed by atoms with Gasteiger partial charge in [0.25, 0.3) is 0 Å². The van der Waals surface area contributed by atoms with Gasteiger partial charge in [-0.15, -0.1) is 0 Å². The minimum atomic E-state index is -0.719. The largest absolute Gasteiger partial charge is 0.388 e. The standard InChI is InChI=1S/C17H28FNO/c1-4-5-8-12-19(14(2)3)13-11-17(20)15-9-6-7-10-16(15)18/h6-7,9-10,14,17,20H,4-5,8,11-13H2,1-3H3. The van der Waals surface area contributed by atoms with Gasteiger partial charge < -0.3 is 10.0 Å². The Hall–Kier alpha value is -0.930. The molecule has 114 valence electrons. The molecule has 0 saturated carbocycles. The van der Waals surface area contributed by atoms with Crippen LogP contribution in [0.25, 0.3) is 0 Å². The summed E-state index contributed by atoms with van der Waals surface area (Å²) in [5.74, 6) is -0.318. The van der Waals surface area contributed by atoms with Crippen LogP contribution in [0.15, 0.2) is 24.3 Å². The molecule has 3 heteroatoms. The van der Waals surface area contributed by atoms with Crippen LogP contribution >= 0.6 is 0 Å². The van der Waals surface area contributed by atoms with E-state index in [0.717, 1.165) is 13.1 Å². The van der Waals surface area contributed by atoms with Gasteiger partial charge in [0.2, 0.25) is 0 Å². The summed E-state index contributed by atoms with van der Waals surface area (Å²) < 4.78 is 13.6. The Labute approximate surface area is 122 Å². The highest BCUT2D eigenvalue weighted by atomic mass is 19.1. The molecule has 0 aromatic heterocycles. The first-order valence-electron chi connectivity index (χ1n) is 7.72. The van der Waals surface area contributed by atoms with Crippen molar-refractivity contribution in [3.05, 3.63) is 35.6 Å². The summed E-state index contributed by atoms with van der Waals surface area (Å²) in [5.41, 5.74) is 0.407. The van der Waals surface area contributed by atoms with Crippen molar-refractivity contribution in [2.75, 3.05) is 13.1 Å². The Balaban J connectivity index is 2.48. The molecule has 1 aromatic rings. The third-order valence-electron chi connectivity index (χ3n) is 3.73. The topological polar surface area (TPSA) is 23.5 Å². The van der Waals surface area contributed by atoms with Crippen LogP contribution < -0.4 is 0 Å². The molecule has 20 heavy (non-hydrogen) atoms. The maximum absolute atomic E-state index is 13.6. The van der Waals surface area contributed by atoms with Crippen LogP contribution in [0.5, 0.6) is 0 Å². The molecule has 0 saturated heterocycles. The minimum Gasteiger partial charge on any atom is -0.388 e. The van der Waals surface area contributed by atoms with Crippen LogP contribution in [0.3, 0.4) is 0 Å². The Kier molecular flexibility index (Phi) is 7.78. The van der Waals surface area contributed by atoms with Gasteiger partial charge in [-0.2, -0.15) is 0 Å². The summed E-state index contributed by atoms with van der Waals surface area (Å²) in [5, 5.41) is 10.1. The third-order valence-corrected chi connectivity index (χ3v) is 3.73. The minimum absolute atomic E-state index is 0.318. The lowest BCUT2D eigenvalue weighted by atomic mass is 10.1. The first-order valence-corrected chi connectivity index (χ1v) is 7.72. The van der Waals surface area contributed by atoms with E-state index in [0.29, 0.717) is 18.0 Å². The first-order chi connectivity index (χ1) is 9.56. The Morgan fingerprint density at radius 1 is 1.15 bits per heavy atom. The van der Waals surface area contributed by atoms with Crippen LogP contribution in [0.4, 0.5) is 4.39 Å². The van der Waals surface area contributed by atoms with E-state index >= 15 is 0 Å². The molecule has 1 N–H and O–H groups in total. The van der Waals surface area contributed by atoms with Gasteiger partial charge in [-0.1, -0.05) is 38.0 Å². The van der Waals surface area contributed by atoms with E-state index in [1.165, 1.54) is 25.3 Å². The fraction of sp³-hybridized carbons (Fsp3) is 0.647. The quantitative estimate of drug-likeness (QED) is 0.687. The van der Waals surface area contributed by atoms with E-state index in [2.05, 4.69) is 25.7 Å². The number of halogens is 1. The Morgan fingerprint density at radius 3 is 2.45 bits per heavy atom. The van der Waals surface area contributed by atoms with Crippen molar-refractivity contribution in [2.45, 2.75) is 58.6 Å². The van der Waals surface area contributed by atoms with Crippen molar-refractivity contribution in [3.63, 3.8) is 0 Å². The van der Waals surface area contributed by atoms with E-state index in [4.69, 9.17) is 0 Å². The summed E-state index contributed by atoms with van der Waals surface area (Å²) in [6.45, 7) is 8.39. The number of benzene rings is 1.